The molecule has 0 bridgehead atoms. The maximum Gasteiger partial charge on any atom is 0.255 e. The molecule has 0 unspecified atom stereocenters. The van der Waals surface area contributed by atoms with Gasteiger partial charge in [-0.1, -0.05) is 0 Å². The molecular weight excluding hydrogens is 360 g/mol. The molecule has 0 radical (unpaired) electrons. The van der Waals surface area contributed by atoms with E-state index in [0.717, 1.165) is 49.2 Å². The predicted octanol–water partition coefficient (Wildman–Crippen LogP) is 2.63. The minimum absolute atomic E-state index is 0.0843. The number of likely N-dealkylation sites (tertiary alicyclic amines) is 1. The second-order valence-corrected chi connectivity index (χ2v) is 8.21. The van der Waals surface area contributed by atoms with Crippen molar-refractivity contribution in [3.8, 4) is 0 Å². The molecule has 0 aliphatic carbocycles. The van der Waals surface area contributed by atoms with Crippen molar-refractivity contribution in [1.29, 1.82) is 0 Å². The van der Waals surface area contributed by atoms with Gasteiger partial charge in [-0.25, -0.2) is 0 Å². The highest BCUT2D eigenvalue weighted by atomic mass is 32.1. The third-order valence-corrected chi connectivity index (χ3v) is 6.35. The lowest BCUT2D eigenvalue weighted by Gasteiger charge is -2.28. The van der Waals surface area contributed by atoms with E-state index in [9.17, 15) is 9.59 Å². The number of fused-ring (bicyclic) bond motifs is 1. The van der Waals surface area contributed by atoms with Gasteiger partial charge in [0, 0.05) is 69.1 Å². The highest BCUT2D eigenvalue weighted by Gasteiger charge is 2.28. The monoisotopic (exact) mass is 386 g/mol. The van der Waals surface area contributed by atoms with Crippen LogP contribution < -0.4 is 0 Å². The summed E-state index contributed by atoms with van der Waals surface area (Å²) in [5.74, 6) is 0.317. The zero-order valence-corrected chi connectivity index (χ0v) is 16.6. The van der Waals surface area contributed by atoms with Gasteiger partial charge in [0.1, 0.15) is 0 Å². The number of amides is 2. The molecule has 2 aliphatic heterocycles. The van der Waals surface area contributed by atoms with Crippen molar-refractivity contribution in [2.24, 2.45) is 7.05 Å². The van der Waals surface area contributed by atoms with Crippen molar-refractivity contribution in [3.63, 3.8) is 0 Å². The smallest absolute Gasteiger partial charge is 0.255 e. The Balaban J connectivity index is 1.45. The summed E-state index contributed by atoms with van der Waals surface area (Å²) in [6, 6.07) is 1.88. The first-order valence-electron chi connectivity index (χ1n) is 9.76. The van der Waals surface area contributed by atoms with Gasteiger partial charge in [-0.2, -0.15) is 16.4 Å². The van der Waals surface area contributed by atoms with Crippen LogP contribution in [-0.4, -0.2) is 51.0 Å². The molecule has 4 rings (SSSR count). The second-order valence-electron chi connectivity index (χ2n) is 7.43. The normalized spacial score (nSPS) is 17.1. The van der Waals surface area contributed by atoms with E-state index in [0.29, 0.717) is 25.9 Å². The minimum Gasteiger partial charge on any atom is -0.343 e. The van der Waals surface area contributed by atoms with Crippen LogP contribution >= 0.6 is 11.3 Å². The molecule has 1 saturated heterocycles. The first kappa shape index (κ1) is 18.2. The quantitative estimate of drug-likeness (QED) is 0.812. The molecule has 2 aliphatic rings. The van der Waals surface area contributed by atoms with Crippen molar-refractivity contribution in [1.82, 2.24) is 19.6 Å². The van der Waals surface area contributed by atoms with Gasteiger partial charge < -0.3 is 9.80 Å². The first-order valence-corrected chi connectivity index (χ1v) is 10.7. The topological polar surface area (TPSA) is 58.4 Å². The molecule has 2 amide bonds. The van der Waals surface area contributed by atoms with Crippen LogP contribution in [0.4, 0.5) is 0 Å². The zero-order chi connectivity index (χ0) is 18.8. The van der Waals surface area contributed by atoms with Gasteiger partial charge in [-0.15, -0.1) is 0 Å². The van der Waals surface area contributed by atoms with E-state index in [4.69, 9.17) is 0 Å². The Kier molecular flexibility index (Phi) is 5.29. The number of hydrogen-bond acceptors (Lipinski definition) is 4. The molecular formula is C20H26N4O2S. The number of carbonyl (C=O) groups is 2. The third kappa shape index (κ3) is 3.78. The van der Waals surface area contributed by atoms with E-state index in [-0.39, 0.29) is 11.8 Å². The molecule has 2 aromatic rings. The first-order chi connectivity index (χ1) is 13.1. The largest absolute Gasteiger partial charge is 0.343 e. The Bertz CT molecular complexity index is 821. The fourth-order valence-corrected chi connectivity index (χ4v) is 4.77. The van der Waals surface area contributed by atoms with Crippen molar-refractivity contribution in [2.45, 2.75) is 45.1 Å². The van der Waals surface area contributed by atoms with Gasteiger partial charge in [0.15, 0.2) is 0 Å². The summed E-state index contributed by atoms with van der Waals surface area (Å²) in [5, 5.41) is 8.51. The lowest BCUT2D eigenvalue weighted by atomic mass is 10.0. The standard InChI is InChI=1S/C20H26N4O2S/c1-22-18-7-11-24(20(26)15-8-12-27-14-15)13-16(18)17(21-22)5-6-19(25)23-9-3-2-4-10-23/h8,12,14H,2-7,9-11,13H2,1H3. The van der Waals surface area contributed by atoms with Crippen LogP contribution in [0.25, 0.3) is 0 Å². The summed E-state index contributed by atoms with van der Waals surface area (Å²) in [6.45, 7) is 3.09. The van der Waals surface area contributed by atoms with E-state index in [1.165, 1.54) is 12.1 Å². The van der Waals surface area contributed by atoms with Crippen molar-refractivity contribution in [2.75, 3.05) is 19.6 Å². The number of aryl methyl sites for hydroxylation is 2. The zero-order valence-electron chi connectivity index (χ0n) is 15.8. The highest BCUT2D eigenvalue weighted by molar-refractivity contribution is 7.08. The van der Waals surface area contributed by atoms with E-state index >= 15 is 0 Å². The number of hydrogen-bond donors (Lipinski definition) is 0. The van der Waals surface area contributed by atoms with Crippen LogP contribution in [0, 0.1) is 0 Å². The van der Waals surface area contributed by atoms with E-state index in [2.05, 4.69) is 5.10 Å². The molecule has 144 valence electrons. The van der Waals surface area contributed by atoms with Crippen LogP contribution in [0.2, 0.25) is 0 Å². The maximum absolute atomic E-state index is 12.7. The fraction of sp³-hybridized carbons (Fsp3) is 0.550. The van der Waals surface area contributed by atoms with E-state index < -0.39 is 0 Å². The Morgan fingerprint density at radius 1 is 1.15 bits per heavy atom. The Hall–Kier alpha value is -2.15. The molecule has 0 N–H and O–H groups in total. The van der Waals surface area contributed by atoms with Gasteiger partial charge >= 0.3 is 0 Å². The highest BCUT2D eigenvalue weighted by Crippen LogP contribution is 2.25. The van der Waals surface area contributed by atoms with Gasteiger partial charge in [-0.3, -0.25) is 14.3 Å². The summed E-state index contributed by atoms with van der Waals surface area (Å²) in [5.41, 5.74) is 4.07. The summed E-state index contributed by atoms with van der Waals surface area (Å²) in [4.78, 5) is 29.1. The average Bonchev–Trinajstić information content (AvgIpc) is 3.34. The number of carbonyl (C=O) groups excluding carboxylic acids is 2. The van der Waals surface area contributed by atoms with Gasteiger partial charge in [0.2, 0.25) is 5.91 Å². The molecule has 4 heterocycles. The lowest BCUT2D eigenvalue weighted by Crippen LogP contribution is -2.36. The van der Waals surface area contributed by atoms with Crippen LogP contribution in [0.3, 0.4) is 0 Å². The van der Waals surface area contributed by atoms with E-state index in [1.807, 2.05) is 38.4 Å². The number of nitrogens with zero attached hydrogens (tertiary/aromatic N) is 4. The van der Waals surface area contributed by atoms with Crippen LogP contribution in [-0.2, 0) is 31.2 Å². The van der Waals surface area contributed by atoms with Gasteiger partial charge in [0.25, 0.3) is 5.91 Å². The minimum atomic E-state index is 0.0843. The SMILES string of the molecule is Cn1nc(CCC(=O)N2CCCCC2)c2c1CCN(C(=O)c1ccsc1)C2. The summed E-state index contributed by atoms with van der Waals surface area (Å²) < 4.78 is 1.93. The van der Waals surface area contributed by atoms with Gasteiger partial charge in [-0.05, 0) is 30.7 Å². The molecule has 0 atom stereocenters. The molecule has 27 heavy (non-hydrogen) atoms. The summed E-state index contributed by atoms with van der Waals surface area (Å²) >= 11 is 1.54. The molecule has 1 fully saturated rings. The Labute approximate surface area is 163 Å². The van der Waals surface area contributed by atoms with E-state index in [1.54, 1.807) is 11.3 Å². The predicted molar refractivity (Wildman–Crippen MR) is 105 cm³/mol. The third-order valence-electron chi connectivity index (χ3n) is 5.67. The Morgan fingerprint density at radius 3 is 2.70 bits per heavy atom. The molecule has 2 aromatic heterocycles. The van der Waals surface area contributed by atoms with Crippen LogP contribution in [0.5, 0.6) is 0 Å². The molecule has 0 saturated carbocycles. The van der Waals surface area contributed by atoms with Crippen molar-refractivity contribution < 1.29 is 9.59 Å². The van der Waals surface area contributed by atoms with Crippen molar-refractivity contribution >= 4 is 23.2 Å². The number of piperidine rings is 1. The van der Waals surface area contributed by atoms with Gasteiger partial charge in [0.05, 0.1) is 11.3 Å². The summed E-state index contributed by atoms with van der Waals surface area (Å²) in [7, 11) is 1.96. The number of thiophene rings is 1. The van der Waals surface area contributed by atoms with Crippen molar-refractivity contribution in [3.05, 3.63) is 39.3 Å². The number of rotatable bonds is 4. The molecule has 0 aromatic carbocycles. The molecule has 0 spiro atoms. The van der Waals surface area contributed by atoms with Crippen LogP contribution in [0.15, 0.2) is 16.8 Å². The maximum atomic E-state index is 12.7. The lowest BCUT2D eigenvalue weighted by molar-refractivity contribution is -0.132. The average molecular weight is 387 g/mol. The number of aromatic nitrogens is 2. The fourth-order valence-electron chi connectivity index (χ4n) is 4.14. The second kappa shape index (κ2) is 7.84. The molecule has 6 nitrogen and oxygen atoms in total. The Morgan fingerprint density at radius 2 is 1.96 bits per heavy atom. The summed E-state index contributed by atoms with van der Waals surface area (Å²) in [6.07, 6.45) is 5.43. The van der Waals surface area contributed by atoms with Crippen LogP contribution in [0.1, 0.15) is 53.0 Å². The molecule has 7 heteroatoms.